The van der Waals surface area contributed by atoms with Gasteiger partial charge in [0.25, 0.3) is 10.1 Å². The third-order valence-electron chi connectivity index (χ3n) is 4.83. The second kappa shape index (κ2) is 8.68. The van der Waals surface area contributed by atoms with Crippen LogP contribution in [0.15, 0.2) is 30.3 Å². The molecule has 2 heterocycles. The number of thiazole rings is 2. The first-order valence-corrected chi connectivity index (χ1v) is 13.4. The second-order valence-corrected chi connectivity index (χ2v) is 11.5. The maximum atomic E-state index is 11.1. The summed E-state index contributed by atoms with van der Waals surface area (Å²) in [5, 5.41) is 3.46. The fourth-order valence-corrected chi connectivity index (χ4v) is 6.79. The first-order chi connectivity index (χ1) is 14.2. The normalized spacial score (nSPS) is 12.3. The van der Waals surface area contributed by atoms with Gasteiger partial charge >= 0.3 is 0 Å². The molecule has 0 unspecified atom stereocenters. The Labute approximate surface area is 192 Å². The minimum Gasteiger partial charge on any atom is -0.286 e. The molecule has 30 heavy (non-hydrogen) atoms. The number of rotatable bonds is 7. The highest BCUT2D eigenvalue weighted by molar-refractivity contribution is 7.85. The van der Waals surface area contributed by atoms with Crippen LogP contribution in [0.5, 0.6) is 0 Å². The average molecular weight is 502 g/mol. The molecule has 1 N–H and O–H groups in total. The number of benzene rings is 2. The van der Waals surface area contributed by atoms with Crippen molar-refractivity contribution in [1.82, 2.24) is 4.98 Å². The van der Waals surface area contributed by atoms with Gasteiger partial charge in [-0.05, 0) is 50.1 Å². The number of aryl methyl sites for hydroxylation is 2. The summed E-state index contributed by atoms with van der Waals surface area (Å²) >= 11 is 15.9. The van der Waals surface area contributed by atoms with Crippen molar-refractivity contribution in [3.8, 4) is 0 Å². The van der Waals surface area contributed by atoms with Crippen LogP contribution >= 0.6 is 45.9 Å². The van der Waals surface area contributed by atoms with E-state index in [1.807, 2.05) is 30.3 Å². The molecule has 0 atom stereocenters. The Balaban J connectivity index is 1.72. The van der Waals surface area contributed by atoms with Crippen LogP contribution < -0.4 is 4.57 Å². The summed E-state index contributed by atoms with van der Waals surface area (Å²) in [5.41, 5.74) is 2.85. The second-order valence-electron chi connectivity index (χ2n) is 6.90. The minimum absolute atomic E-state index is 0.281. The van der Waals surface area contributed by atoms with Crippen molar-refractivity contribution in [1.29, 1.82) is 0 Å². The summed E-state index contributed by atoms with van der Waals surface area (Å²) in [4.78, 5) is 4.74. The van der Waals surface area contributed by atoms with Gasteiger partial charge in [0.05, 0.1) is 27.4 Å². The standard InChI is InChI=1S/C20H18Cl2N2O3S3/c1-2-24-19(11-18-23-15-10-12(21)5-7-16(15)28-18)29-17-8-6-14(22)13(20(17)24)4-3-9-30(25,26)27/h5-8,10H,2-4,9,11H2,1H3/p+1. The summed E-state index contributed by atoms with van der Waals surface area (Å²) in [6.45, 7) is 2.84. The Kier molecular flexibility index (Phi) is 6.35. The third kappa shape index (κ3) is 4.64. The molecule has 4 rings (SSSR count). The largest absolute Gasteiger partial charge is 0.286 e. The van der Waals surface area contributed by atoms with Gasteiger partial charge < -0.3 is 0 Å². The Bertz CT molecular complexity index is 1350. The van der Waals surface area contributed by atoms with Crippen molar-refractivity contribution in [3.63, 3.8) is 0 Å². The SMILES string of the molecule is CC[n+]1c(Cc2nc3cc(Cl)ccc3s2)sc2ccc(Cl)c(CCCS(=O)(=O)O)c21. The van der Waals surface area contributed by atoms with Crippen LogP contribution in [0.4, 0.5) is 0 Å². The zero-order valence-corrected chi connectivity index (χ0v) is 20.0. The Morgan fingerprint density at radius 3 is 2.63 bits per heavy atom. The monoisotopic (exact) mass is 501 g/mol. The van der Waals surface area contributed by atoms with Crippen molar-refractivity contribution >= 4 is 76.4 Å². The van der Waals surface area contributed by atoms with Crippen LogP contribution in [0.1, 0.15) is 28.9 Å². The summed E-state index contributed by atoms with van der Waals surface area (Å²) < 4.78 is 35.7. The van der Waals surface area contributed by atoms with Crippen molar-refractivity contribution in [3.05, 3.63) is 56.0 Å². The molecule has 0 fully saturated rings. The fourth-order valence-electron chi connectivity index (χ4n) is 3.56. The number of hydrogen-bond acceptors (Lipinski definition) is 5. The van der Waals surface area contributed by atoms with Gasteiger partial charge in [0.2, 0.25) is 10.5 Å². The summed E-state index contributed by atoms with van der Waals surface area (Å²) in [7, 11) is -3.99. The lowest BCUT2D eigenvalue weighted by molar-refractivity contribution is -0.670. The van der Waals surface area contributed by atoms with E-state index in [1.54, 1.807) is 22.7 Å². The average Bonchev–Trinajstić information content (AvgIpc) is 3.22. The Morgan fingerprint density at radius 1 is 1.13 bits per heavy atom. The molecule has 0 radical (unpaired) electrons. The van der Waals surface area contributed by atoms with Crippen molar-refractivity contribution < 1.29 is 17.5 Å². The van der Waals surface area contributed by atoms with Gasteiger partial charge in [0.1, 0.15) is 16.3 Å². The van der Waals surface area contributed by atoms with E-state index >= 15 is 0 Å². The zero-order chi connectivity index (χ0) is 21.5. The molecule has 0 spiro atoms. The van der Waals surface area contributed by atoms with Gasteiger partial charge in [0, 0.05) is 10.6 Å². The molecule has 2 aromatic heterocycles. The van der Waals surface area contributed by atoms with Crippen LogP contribution in [0.25, 0.3) is 20.4 Å². The summed E-state index contributed by atoms with van der Waals surface area (Å²) in [5.74, 6) is -0.281. The molecule has 0 aliphatic rings. The number of hydrogen-bond donors (Lipinski definition) is 1. The number of aromatic nitrogens is 2. The summed E-state index contributed by atoms with van der Waals surface area (Å²) in [6.07, 6.45) is 1.49. The Hall–Kier alpha value is -1.29. The lowest BCUT2D eigenvalue weighted by Gasteiger charge is -2.04. The highest BCUT2D eigenvalue weighted by Crippen LogP contribution is 2.32. The lowest BCUT2D eigenvalue weighted by atomic mass is 10.1. The van der Waals surface area contributed by atoms with Gasteiger partial charge in [-0.15, -0.1) is 11.3 Å². The van der Waals surface area contributed by atoms with E-state index in [2.05, 4.69) is 11.5 Å². The molecule has 10 heteroatoms. The van der Waals surface area contributed by atoms with E-state index in [9.17, 15) is 8.42 Å². The first kappa shape index (κ1) is 21.9. The van der Waals surface area contributed by atoms with Crippen molar-refractivity contribution in [2.45, 2.75) is 32.7 Å². The molecule has 0 bridgehead atoms. The molecular weight excluding hydrogens is 483 g/mol. The van der Waals surface area contributed by atoms with Gasteiger partial charge in [-0.25, -0.2) is 4.98 Å². The molecular formula is C20H19Cl2N2O3S3+. The molecule has 0 saturated carbocycles. The molecule has 158 valence electrons. The molecule has 0 aliphatic carbocycles. The molecule has 0 amide bonds. The highest BCUT2D eigenvalue weighted by atomic mass is 35.5. The fraction of sp³-hybridized carbons (Fsp3) is 0.300. The van der Waals surface area contributed by atoms with Crippen LogP contribution in [-0.4, -0.2) is 23.7 Å². The molecule has 2 aromatic carbocycles. The van der Waals surface area contributed by atoms with E-state index in [4.69, 9.17) is 32.7 Å². The quantitative estimate of drug-likeness (QED) is 0.266. The smallest absolute Gasteiger partial charge is 0.264 e. The number of halogens is 2. The maximum Gasteiger partial charge on any atom is 0.264 e. The van der Waals surface area contributed by atoms with E-state index in [1.165, 1.54) is 0 Å². The zero-order valence-electron chi connectivity index (χ0n) is 16.1. The van der Waals surface area contributed by atoms with Crippen molar-refractivity contribution in [2.75, 3.05) is 5.75 Å². The lowest BCUT2D eigenvalue weighted by Crippen LogP contribution is -2.36. The van der Waals surface area contributed by atoms with Crippen LogP contribution in [0.3, 0.4) is 0 Å². The van der Waals surface area contributed by atoms with E-state index in [0.29, 0.717) is 29.3 Å². The molecule has 4 aromatic rings. The predicted molar refractivity (Wildman–Crippen MR) is 125 cm³/mol. The van der Waals surface area contributed by atoms with E-state index in [0.717, 1.165) is 42.6 Å². The first-order valence-electron chi connectivity index (χ1n) is 9.38. The van der Waals surface area contributed by atoms with Gasteiger partial charge in [-0.1, -0.05) is 34.5 Å². The maximum absolute atomic E-state index is 11.1. The molecule has 5 nitrogen and oxygen atoms in total. The van der Waals surface area contributed by atoms with Crippen LogP contribution in [-0.2, 0) is 29.5 Å². The van der Waals surface area contributed by atoms with E-state index < -0.39 is 10.1 Å². The Morgan fingerprint density at radius 2 is 1.90 bits per heavy atom. The van der Waals surface area contributed by atoms with Gasteiger partial charge in [-0.2, -0.15) is 13.0 Å². The topological polar surface area (TPSA) is 71.1 Å². The van der Waals surface area contributed by atoms with Gasteiger partial charge in [-0.3, -0.25) is 4.55 Å². The van der Waals surface area contributed by atoms with Crippen LogP contribution in [0.2, 0.25) is 10.0 Å². The summed E-state index contributed by atoms with van der Waals surface area (Å²) in [6, 6.07) is 9.60. The predicted octanol–water partition coefficient (Wildman–Crippen LogP) is 5.54. The number of fused-ring (bicyclic) bond motifs is 2. The van der Waals surface area contributed by atoms with Crippen LogP contribution in [0, 0.1) is 0 Å². The highest BCUT2D eigenvalue weighted by Gasteiger charge is 2.25. The van der Waals surface area contributed by atoms with Gasteiger partial charge in [0.15, 0.2) is 0 Å². The van der Waals surface area contributed by atoms with Crippen molar-refractivity contribution in [2.24, 2.45) is 0 Å². The molecule has 0 aliphatic heterocycles. The molecule has 0 saturated heterocycles. The third-order valence-corrected chi connectivity index (χ3v) is 8.41. The minimum atomic E-state index is -3.99. The van der Waals surface area contributed by atoms with E-state index in [-0.39, 0.29) is 5.75 Å². The number of nitrogens with zero attached hydrogens (tertiary/aromatic N) is 2.